The summed E-state index contributed by atoms with van der Waals surface area (Å²) in [4.78, 5) is 13.4. The van der Waals surface area contributed by atoms with Crippen molar-refractivity contribution < 1.29 is 9.53 Å². The molecule has 2 N–H and O–H groups in total. The van der Waals surface area contributed by atoms with E-state index in [2.05, 4.69) is 9.64 Å². The largest absolute Gasteiger partial charge is 0.468 e. The van der Waals surface area contributed by atoms with Crippen LogP contribution < -0.4 is 5.73 Å². The van der Waals surface area contributed by atoms with Crippen molar-refractivity contribution in [3.8, 4) is 0 Å². The van der Waals surface area contributed by atoms with Crippen LogP contribution in [0, 0.1) is 5.41 Å². The topological polar surface area (TPSA) is 55.6 Å². The Labute approximate surface area is 85.4 Å². The van der Waals surface area contributed by atoms with Crippen molar-refractivity contribution in [2.45, 2.75) is 25.3 Å². The third-order valence-electron chi connectivity index (χ3n) is 3.06. The fraction of sp³-hybridized carbons (Fsp3) is 0.900. The van der Waals surface area contributed by atoms with Gasteiger partial charge in [0.2, 0.25) is 0 Å². The Morgan fingerprint density at radius 2 is 2.14 bits per heavy atom. The maximum Gasteiger partial charge on any atom is 0.323 e. The first-order chi connectivity index (χ1) is 6.52. The molecule has 4 nitrogen and oxygen atoms in total. The van der Waals surface area contributed by atoms with Crippen LogP contribution in [-0.4, -0.2) is 44.7 Å². The zero-order chi connectivity index (χ0) is 10.8. The van der Waals surface area contributed by atoms with E-state index in [4.69, 9.17) is 5.73 Å². The molecular weight excluding hydrogens is 180 g/mol. The molecule has 4 heteroatoms. The van der Waals surface area contributed by atoms with E-state index in [9.17, 15) is 4.79 Å². The quantitative estimate of drug-likeness (QED) is 0.645. The van der Waals surface area contributed by atoms with Crippen molar-refractivity contribution >= 4 is 5.97 Å². The number of esters is 1. The van der Waals surface area contributed by atoms with Crippen molar-refractivity contribution in [3.05, 3.63) is 0 Å². The zero-order valence-corrected chi connectivity index (χ0v) is 9.25. The van der Waals surface area contributed by atoms with Gasteiger partial charge >= 0.3 is 5.97 Å². The van der Waals surface area contributed by atoms with E-state index in [-0.39, 0.29) is 11.4 Å². The van der Waals surface area contributed by atoms with E-state index in [0.717, 1.165) is 25.8 Å². The molecule has 1 fully saturated rings. The van der Waals surface area contributed by atoms with Crippen LogP contribution in [-0.2, 0) is 9.53 Å². The van der Waals surface area contributed by atoms with Gasteiger partial charge in [-0.2, -0.15) is 0 Å². The molecule has 0 aliphatic heterocycles. The van der Waals surface area contributed by atoms with E-state index in [1.54, 1.807) is 0 Å². The maximum absolute atomic E-state index is 11.3. The Balaban J connectivity index is 2.45. The minimum absolute atomic E-state index is 0.0252. The number of carbonyl (C=O) groups is 1. The number of methoxy groups -OCH3 is 1. The molecular formula is C10H20N2O2. The molecule has 1 saturated carbocycles. The van der Waals surface area contributed by atoms with Gasteiger partial charge in [-0.1, -0.05) is 0 Å². The number of rotatable bonds is 5. The number of hydrogen-bond acceptors (Lipinski definition) is 4. The van der Waals surface area contributed by atoms with Gasteiger partial charge in [0.25, 0.3) is 0 Å². The highest BCUT2D eigenvalue weighted by atomic mass is 16.5. The van der Waals surface area contributed by atoms with Crippen LogP contribution in [0.5, 0.6) is 0 Å². The zero-order valence-electron chi connectivity index (χ0n) is 9.25. The van der Waals surface area contributed by atoms with Crippen molar-refractivity contribution in [1.29, 1.82) is 0 Å². The SMILES string of the molecule is COC(=O)C(N)C1(CCN(C)C)CC1. The second-order valence-corrected chi connectivity index (χ2v) is 4.42. The molecule has 0 amide bonds. The van der Waals surface area contributed by atoms with Crippen LogP contribution >= 0.6 is 0 Å². The molecule has 1 aliphatic carbocycles. The summed E-state index contributed by atoms with van der Waals surface area (Å²) in [6.07, 6.45) is 3.09. The molecule has 0 aromatic rings. The average Bonchev–Trinajstić information content (AvgIpc) is 2.93. The van der Waals surface area contributed by atoms with Gasteiger partial charge in [0, 0.05) is 0 Å². The summed E-state index contributed by atoms with van der Waals surface area (Å²) in [5, 5.41) is 0. The molecule has 0 aromatic carbocycles. The van der Waals surface area contributed by atoms with E-state index < -0.39 is 6.04 Å². The highest BCUT2D eigenvalue weighted by Crippen LogP contribution is 2.51. The van der Waals surface area contributed by atoms with Crippen LogP contribution in [0.4, 0.5) is 0 Å². The van der Waals surface area contributed by atoms with Crippen molar-refractivity contribution in [2.24, 2.45) is 11.1 Å². The lowest BCUT2D eigenvalue weighted by Gasteiger charge is -2.22. The molecule has 0 bridgehead atoms. The standard InChI is InChI=1S/C10H20N2O2/c1-12(2)7-6-10(4-5-10)8(11)9(13)14-3/h8H,4-7,11H2,1-3H3. The maximum atomic E-state index is 11.3. The Hall–Kier alpha value is -0.610. The van der Waals surface area contributed by atoms with E-state index >= 15 is 0 Å². The predicted octanol–water partition coefficient (Wildman–Crippen LogP) is 0.219. The summed E-state index contributed by atoms with van der Waals surface area (Å²) in [6.45, 7) is 0.977. The summed E-state index contributed by atoms with van der Waals surface area (Å²) < 4.78 is 4.67. The van der Waals surface area contributed by atoms with Crippen molar-refractivity contribution in [2.75, 3.05) is 27.7 Å². The summed E-state index contributed by atoms with van der Waals surface area (Å²) in [7, 11) is 5.45. The Morgan fingerprint density at radius 1 is 1.57 bits per heavy atom. The molecule has 1 rings (SSSR count). The third kappa shape index (κ3) is 2.45. The molecule has 82 valence electrons. The van der Waals surface area contributed by atoms with E-state index in [1.165, 1.54) is 7.11 Å². The minimum atomic E-state index is -0.438. The summed E-state index contributed by atoms with van der Waals surface area (Å²) in [5.74, 6) is -0.277. The Morgan fingerprint density at radius 3 is 2.50 bits per heavy atom. The van der Waals surface area contributed by atoms with Crippen LogP contribution in [0.25, 0.3) is 0 Å². The fourth-order valence-electron chi connectivity index (χ4n) is 1.70. The van der Waals surface area contributed by atoms with Crippen LogP contribution in [0.1, 0.15) is 19.3 Å². The van der Waals surface area contributed by atoms with E-state index in [1.807, 2.05) is 14.1 Å². The lowest BCUT2D eigenvalue weighted by molar-refractivity contribution is -0.144. The van der Waals surface area contributed by atoms with Gasteiger partial charge in [-0.25, -0.2) is 0 Å². The van der Waals surface area contributed by atoms with Gasteiger partial charge in [-0.3, -0.25) is 4.79 Å². The summed E-state index contributed by atoms with van der Waals surface area (Å²) in [5.41, 5.74) is 5.89. The number of hydrogen-bond donors (Lipinski definition) is 1. The number of nitrogens with two attached hydrogens (primary N) is 1. The first kappa shape index (κ1) is 11.5. The lowest BCUT2D eigenvalue weighted by atomic mass is 9.93. The normalized spacial score (nSPS) is 20.6. The molecule has 1 atom stereocenters. The second kappa shape index (κ2) is 4.28. The van der Waals surface area contributed by atoms with Crippen molar-refractivity contribution in [3.63, 3.8) is 0 Å². The van der Waals surface area contributed by atoms with Gasteiger partial charge < -0.3 is 15.4 Å². The number of carbonyl (C=O) groups excluding carboxylic acids is 1. The van der Waals surface area contributed by atoms with Crippen molar-refractivity contribution in [1.82, 2.24) is 4.90 Å². The van der Waals surface area contributed by atoms with Gasteiger partial charge in [0.1, 0.15) is 6.04 Å². The average molecular weight is 200 g/mol. The number of nitrogens with zero attached hydrogens (tertiary/aromatic N) is 1. The van der Waals surface area contributed by atoms with Crippen LogP contribution in [0.15, 0.2) is 0 Å². The summed E-state index contributed by atoms with van der Waals surface area (Å²) >= 11 is 0. The third-order valence-corrected chi connectivity index (χ3v) is 3.06. The summed E-state index contributed by atoms with van der Waals surface area (Å²) in [6, 6.07) is -0.438. The number of ether oxygens (including phenoxy) is 1. The first-order valence-electron chi connectivity index (χ1n) is 5.00. The molecule has 1 aliphatic rings. The van der Waals surface area contributed by atoms with Gasteiger partial charge in [0.05, 0.1) is 7.11 Å². The second-order valence-electron chi connectivity index (χ2n) is 4.42. The molecule has 0 radical (unpaired) electrons. The molecule has 1 unspecified atom stereocenters. The van der Waals surface area contributed by atoms with Crippen LogP contribution in [0.2, 0.25) is 0 Å². The van der Waals surface area contributed by atoms with E-state index in [0.29, 0.717) is 0 Å². The minimum Gasteiger partial charge on any atom is -0.468 e. The van der Waals surface area contributed by atoms with Gasteiger partial charge in [0.15, 0.2) is 0 Å². The monoisotopic (exact) mass is 200 g/mol. The Bertz CT molecular complexity index is 212. The predicted molar refractivity (Wildman–Crippen MR) is 54.8 cm³/mol. The Kier molecular flexibility index (Phi) is 3.50. The smallest absolute Gasteiger partial charge is 0.323 e. The highest BCUT2D eigenvalue weighted by molar-refractivity contribution is 5.77. The van der Waals surface area contributed by atoms with Gasteiger partial charge in [-0.15, -0.1) is 0 Å². The molecule has 0 heterocycles. The highest BCUT2D eigenvalue weighted by Gasteiger charge is 2.50. The van der Waals surface area contributed by atoms with Gasteiger partial charge in [-0.05, 0) is 45.3 Å². The fourth-order valence-corrected chi connectivity index (χ4v) is 1.70. The lowest BCUT2D eigenvalue weighted by Crippen LogP contribution is -2.41. The molecule has 0 aromatic heterocycles. The van der Waals surface area contributed by atoms with Crippen LogP contribution in [0.3, 0.4) is 0 Å². The molecule has 0 spiro atoms. The molecule has 14 heavy (non-hydrogen) atoms. The first-order valence-corrected chi connectivity index (χ1v) is 5.00. The molecule has 0 saturated heterocycles.